The minimum absolute atomic E-state index is 0.0279. The highest BCUT2D eigenvalue weighted by atomic mass is 16.7. The van der Waals surface area contributed by atoms with Crippen LogP contribution in [0.5, 0.6) is 0 Å². The summed E-state index contributed by atoms with van der Waals surface area (Å²) in [5.41, 5.74) is 0. The molecule has 8 heteroatoms. The van der Waals surface area contributed by atoms with Crippen molar-refractivity contribution < 1.29 is 23.9 Å². The molecule has 3 heterocycles. The van der Waals surface area contributed by atoms with Crippen LogP contribution in [0.1, 0.15) is 45.4 Å². The molecule has 3 aliphatic heterocycles. The Morgan fingerprint density at radius 3 is 2.71 bits per heavy atom. The molecule has 24 heavy (non-hydrogen) atoms. The second-order valence-electron chi connectivity index (χ2n) is 6.62. The lowest BCUT2D eigenvalue weighted by Crippen LogP contribution is -2.59. The van der Waals surface area contributed by atoms with Gasteiger partial charge in [-0.05, 0) is 25.7 Å². The number of hydrogen-bond donors (Lipinski definition) is 1. The van der Waals surface area contributed by atoms with Gasteiger partial charge < -0.3 is 14.8 Å². The van der Waals surface area contributed by atoms with E-state index >= 15 is 0 Å². The molecule has 0 aliphatic carbocycles. The van der Waals surface area contributed by atoms with E-state index in [4.69, 9.17) is 9.47 Å². The molecule has 0 radical (unpaired) electrons. The number of esters is 2. The highest BCUT2D eigenvalue weighted by molar-refractivity contribution is 5.83. The number of cyclic esters (lactones) is 1. The van der Waals surface area contributed by atoms with Crippen LogP contribution in [0.3, 0.4) is 0 Å². The lowest BCUT2D eigenvalue weighted by molar-refractivity contribution is -0.178. The topological polar surface area (TPSA) is 88.2 Å². The normalized spacial score (nSPS) is 31.7. The van der Waals surface area contributed by atoms with Crippen molar-refractivity contribution in [2.24, 2.45) is 0 Å². The molecule has 0 aromatic carbocycles. The summed E-state index contributed by atoms with van der Waals surface area (Å²) in [6.45, 7) is 4.11. The van der Waals surface area contributed by atoms with E-state index in [9.17, 15) is 14.4 Å². The van der Waals surface area contributed by atoms with E-state index < -0.39 is 24.3 Å². The second kappa shape index (κ2) is 7.48. The average Bonchev–Trinajstić information content (AvgIpc) is 2.74. The maximum Gasteiger partial charge on any atom is 0.311 e. The number of amides is 1. The van der Waals surface area contributed by atoms with Crippen molar-refractivity contribution in [2.45, 2.75) is 63.8 Å². The molecule has 134 valence electrons. The van der Waals surface area contributed by atoms with Crippen LogP contribution in [-0.2, 0) is 23.9 Å². The molecule has 3 rings (SSSR count). The Balaban J connectivity index is 1.64. The molecule has 1 N–H and O–H groups in total. The molecule has 3 atom stereocenters. The molecule has 0 bridgehead atoms. The number of rotatable bonds is 3. The van der Waals surface area contributed by atoms with Gasteiger partial charge in [0.05, 0.1) is 6.42 Å². The Kier molecular flexibility index (Phi) is 5.35. The number of nitrogens with zero attached hydrogens (tertiary/aromatic N) is 2. The van der Waals surface area contributed by atoms with Crippen molar-refractivity contribution in [3.05, 3.63) is 0 Å². The van der Waals surface area contributed by atoms with Gasteiger partial charge >= 0.3 is 11.9 Å². The smallest absolute Gasteiger partial charge is 0.311 e. The Bertz CT molecular complexity index is 512. The summed E-state index contributed by atoms with van der Waals surface area (Å²) in [4.78, 5) is 35.4. The summed E-state index contributed by atoms with van der Waals surface area (Å²) < 4.78 is 9.97. The third-order valence-electron chi connectivity index (χ3n) is 4.80. The van der Waals surface area contributed by atoms with Gasteiger partial charge in [-0.15, -0.1) is 0 Å². The number of carbonyl (C=O) groups is 3. The van der Waals surface area contributed by atoms with Gasteiger partial charge in [0.2, 0.25) is 5.91 Å². The van der Waals surface area contributed by atoms with E-state index in [1.165, 1.54) is 13.3 Å². The maximum atomic E-state index is 12.8. The predicted octanol–water partition coefficient (Wildman–Crippen LogP) is 0.173. The molecule has 0 spiro atoms. The molecule has 3 aliphatic rings. The number of ether oxygens (including phenoxy) is 2. The van der Waals surface area contributed by atoms with Crippen LogP contribution in [0.4, 0.5) is 0 Å². The summed E-state index contributed by atoms with van der Waals surface area (Å²) in [6.07, 6.45) is 4.19. The van der Waals surface area contributed by atoms with Crippen LogP contribution in [0.2, 0.25) is 0 Å². The van der Waals surface area contributed by atoms with E-state index in [0.29, 0.717) is 0 Å². The number of hydrogen-bond acceptors (Lipinski definition) is 7. The maximum absolute atomic E-state index is 12.8. The Hall–Kier alpha value is -1.67. The fourth-order valence-electron chi connectivity index (χ4n) is 3.69. The summed E-state index contributed by atoms with van der Waals surface area (Å²) in [7, 11) is 0. The zero-order valence-corrected chi connectivity index (χ0v) is 14.0. The van der Waals surface area contributed by atoms with E-state index in [1.54, 1.807) is 0 Å². The fourth-order valence-corrected chi connectivity index (χ4v) is 3.69. The zero-order valence-electron chi connectivity index (χ0n) is 14.0. The largest absolute Gasteiger partial charge is 0.423 e. The highest BCUT2D eigenvalue weighted by Gasteiger charge is 2.41. The minimum Gasteiger partial charge on any atom is -0.423 e. The third kappa shape index (κ3) is 3.87. The van der Waals surface area contributed by atoms with Crippen LogP contribution in [0, 0.1) is 0 Å². The first-order valence-electron chi connectivity index (χ1n) is 8.73. The van der Waals surface area contributed by atoms with Gasteiger partial charge in [-0.25, -0.2) is 10.0 Å². The van der Waals surface area contributed by atoms with Gasteiger partial charge in [-0.3, -0.25) is 14.4 Å². The molecular formula is C16H25N3O5. The van der Waals surface area contributed by atoms with Crippen molar-refractivity contribution in [2.75, 3.05) is 19.6 Å². The van der Waals surface area contributed by atoms with Gasteiger partial charge in [0, 0.05) is 26.6 Å². The molecule has 0 aromatic rings. The molecule has 3 unspecified atom stereocenters. The Morgan fingerprint density at radius 2 is 1.92 bits per heavy atom. The summed E-state index contributed by atoms with van der Waals surface area (Å²) >= 11 is 0. The first kappa shape index (κ1) is 17.2. The monoisotopic (exact) mass is 339 g/mol. The second-order valence-corrected chi connectivity index (χ2v) is 6.62. The van der Waals surface area contributed by atoms with Gasteiger partial charge in [0.1, 0.15) is 12.1 Å². The van der Waals surface area contributed by atoms with Crippen molar-refractivity contribution in [3.63, 3.8) is 0 Å². The lowest BCUT2D eigenvalue weighted by Gasteiger charge is -2.42. The molecule has 8 nitrogen and oxygen atoms in total. The first-order valence-corrected chi connectivity index (χ1v) is 8.73. The quantitative estimate of drug-likeness (QED) is 0.734. The van der Waals surface area contributed by atoms with E-state index in [1.807, 2.05) is 0 Å². The van der Waals surface area contributed by atoms with Crippen LogP contribution in [0.25, 0.3) is 0 Å². The zero-order chi connectivity index (χ0) is 17.1. The van der Waals surface area contributed by atoms with Gasteiger partial charge in [0.25, 0.3) is 6.29 Å². The molecule has 0 aromatic heterocycles. The fraction of sp³-hybridized carbons (Fsp3) is 0.812. The number of fused-ring (bicyclic) bond motifs is 1. The van der Waals surface area contributed by atoms with Crippen molar-refractivity contribution in [3.8, 4) is 0 Å². The molecule has 3 saturated heterocycles. The molecule has 0 saturated carbocycles. The summed E-state index contributed by atoms with van der Waals surface area (Å²) in [5, 5.41) is 7.31. The van der Waals surface area contributed by atoms with Crippen molar-refractivity contribution in [1.29, 1.82) is 0 Å². The highest BCUT2D eigenvalue weighted by Crippen LogP contribution is 2.24. The Morgan fingerprint density at radius 1 is 1.17 bits per heavy atom. The number of carbonyl (C=O) groups excluding carboxylic acids is 3. The van der Waals surface area contributed by atoms with Crippen LogP contribution in [-0.4, -0.2) is 65.9 Å². The standard InChI is InChI=1S/C16H25N3O5/c1-11(20)23-16-12(10-14(21)24-16)17-15(22)13-6-5-8-18-7-3-2-4-9-19(13)18/h12-13,16H,2-10H2,1H3,(H,17,22). The van der Waals surface area contributed by atoms with Crippen molar-refractivity contribution in [1.82, 2.24) is 15.3 Å². The third-order valence-corrected chi connectivity index (χ3v) is 4.80. The Labute approximate surface area is 141 Å². The van der Waals surface area contributed by atoms with E-state index in [-0.39, 0.29) is 18.4 Å². The van der Waals surface area contributed by atoms with Gasteiger partial charge in [-0.2, -0.15) is 0 Å². The van der Waals surface area contributed by atoms with Crippen LogP contribution in [0.15, 0.2) is 0 Å². The minimum atomic E-state index is -1.03. The van der Waals surface area contributed by atoms with Crippen LogP contribution >= 0.6 is 0 Å². The van der Waals surface area contributed by atoms with Crippen LogP contribution < -0.4 is 5.32 Å². The predicted molar refractivity (Wildman–Crippen MR) is 83.3 cm³/mol. The summed E-state index contributed by atoms with van der Waals surface area (Å²) in [6, 6.07) is -0.846. The van der Waals surface area contributed by atoms with E-state index in [2.05, 4.69) is 15.3 Å². The number of nitrogens with one attached hydrogen (secondary N) is 1. The van der Waals surface area contributed by atoms with E-state index in [0.717, 1.165) is 45.3 Å². The summed E-state index contributed by atoms with van der Waals surface area (Å²) in [5.74, 6) is -1.13. The number of hydrazine groups is 1. The van der Waals surface area contributed by atoms with Gasteiger partial charge in [0.15, 0.2) is 0 Å². The SMILES string of the molecule is CC(=O)OC1OC(=O)CC1NC(=O)C1CCCN2CCCCCN12. The molecule has 3 fully saturated rings. The average molecular weight is 339 g/mol. The molecule has 1 amide bonds. The van der Waals surface area contributed by atoms with Gasteiger partial charge in [-0.1, -0.05) is 6.42 Å². The lowest BCUT2D eigenvalue weighted by atomic mass is 10.1. The molecular weight excluding hydrogens is 314 g/mol. The van der Waals surface area contributed by atoms with Crippen molar-refractivity contribution >= 4 is 17.8 Å². The first-order chi connectivity index (χ1) is 11.5.